The molecule has 0 saturated heterocycles. The number of carboxylic acids is 2. The lowest BCUT2D eigenvalue weighted by molar-refractivity contribution is -0.140. The second-order valence-corrected chi connectivity index (χ2v) is 3.33. The van der Waals surface area contributed by atoms with Gasteiger partial charge in [0.05, 0.1) is 11.7 Å². The summed E-state index contributed by atoms with van der Waals surface area (Å²) in [5.74, 6) is -3.04. The van der Waals surface area contributed by atoms with Gasteiger partial charge < -0.3 is 14.9 Å². The monoisotopic (exact) mass is 216 g/mol. The molecule has 0 saturated carbocycles. The third-order valence-corrected chi connectivity index (χ3v) is 1.58. The first-order valence-electron chi connectivity index (χ1n) is 4.76. The van der Waals surface area contributed by atoms with Gasteiger partial charge in [-0.3, -0.25) is 0 Å². The van der Waals surface area contributed by atoms with Crippen LogP contribution in [0.3, 0.4) is 0 Å². The van der Waals surface area contributed by atoms with Crippen LogP contribution in [-0.2, 0) is 14.3 Å². The first-order chi connectivity index (χ1) is 6.90. The van der Waals surface area contributed by atoms with Gasteiger partial charge in [0.1, 0.15) is 0 Å². The molecule has 86 valence electrons. The molecule has 0 aromatic heterocycles. The fraction of sp³-hybridized carbons (Fsp3) is 0.600. The average molecular weight is 216 g/mol. The van der Waals surface area contributed by atoms with Crippen molar-refractivity contribution in [1.29, 1.82) is 0 Å². The van der Waals surface area contributed by atoms with E-state index in [0.29, 0.717) is 6.42 Å². The maximum absolute atomic E-state index is 10.8. The summed E-state index contributed by atoms with van der Waals surface area (Å²) in [7, 11) is 0. The molecule has 0 aliphatic heterocycles. The van der Waals surface area contributed by atoms with Gasteiger partial charge in [0.2, 0.25) is 5.76 Å². The molecule has 0 rings (SSSR count). The average Bonchev–Trinajstić information content (AvgIpc) is 2.09. The summed E-state index contributed by atoms with van der Waals surface area (Å²) in [6.07, 6.45) is 0.381. The Bertz CT molecular complexity index is 278. The summed E-state index contributed by atoms with van der Waals surface area (Å²) in [5, 5.41) is 17.7. The van der Waals surface area contributed by atoms with Crippen LogP contribution in [-0.4, -0.2) is 28.3 Å². The van der Waals surface area contributed by atoms with E-state index in [2.05, 4.69) is 0 Å². The summed E-state index contributed by atoms with van der Waals surface area (Å²) in [4.78, 5) is 21.6. The highest BCUT2D eigenvalue weighted by atomic mass is 16.5. The van der Waals surface area contributed by atoms with E-state index in [0.717, 1.165) is 0 Å². The molecule has 0 radical (unpaired) electrons. The van der Waals surface area contributed by atoms with Gasteiger partial charge in [0.25, 0.3) is 0 Å². The number of carboxylic acid groups (broad SMARTS) is 2. The predicted molar refractivity (Wildman–Crippen MR) is 53.4 cm³/mol. The number of aliphatic carboxylic acids is 2. The Balaban J connectivity index is 5.15. The SMILES string of the molecule is CCC/C(C(=O)O)=C(\OC(C)C)C(=O)O. The molecule has 0 aliphatic rings. The number of carbonyl (C=O) groups is 2. The Morgan fingerprint density at radius 1 is 1.20 bits per heavy atom. The molecule has 0 spiro atoms. The molecule has 0 atom stereocenters. The van der Waals surface area contributed by atoms with Gasteiger partial charge >= 0.3 is 11.9 Å². The molecular weight excluding hydrogens is 200 g/mol. The van der Waals surface area contributed by atoms with Crippen molar-refractivity contribution in [2.24, 2.45) is 0 Å². The van der Waals surface area contributed by atoms with Crippen molar-refractivity contribution in [3.05, 3.63) is 11.3 Å². The van der Waals surface area contributed by atoms with Gasteiger partial charge in [-0.1, -0.05) is 13.3 Å². The molecular formula is C10H16O5. The van der Waals surface area contributed by atoms with Crippen molar-refractivity contribution in [2.45, 2.75) is 39.7 Å². The summed E-state index contributed by atoms with van der Waals surface area (Å²) >= 11 is 0. The zero-order valence-corrected chi connectivity index (χ0v) is 9.11. The lowest BCUT2D eigenvalue weighted by atomic mass is 10.1. The van der Waals surface area contributed by atoms with Gasteiger partial charge in [-0.05, 0) is 20.3 Å². The Hall–Kier alpha value is -1.52. The number of rotatable bonds is 6. The van der Waals surface area contributed by atoms with Crippen molar-refractivity contribution in [1.82, 2.24) is 0 Å². The van der Waals surface area contributed by atoms with E-state index in [1.54, 1.807) is 20.8 Å². The number of hydrogen-bond donors (Lipinski definition) is 2. The van der Waals surface area contributed by atoms with Crippen LogP contribution in [0.5, 0.6) is 0 Å². The molecule has 0 fully saturated rings. The zero-order chi connectivity index (χ0) is 12.0. The van der Waals surface area contributed by atoms with Crippen molar-refractivity contribution in [3.63, 3.8) is 0 Å². The topological polar surface area (TPSA) is 83.8 Å². The Labute approximate surface area is 88.4 Å². The molecule has 0 heterocycles. The Morgan fingerprint density at radius 2 is 1.73 bits per heavy atom. The van der Waals surface area contributed by atoms with E-state index in [9.17, 15) is 9.59 Å². The van der Waals surface area contributed by atoms with E-state index in [-0.39, 0.29) is 18.1 Å². The maximum Gasteiger partial charge on any atom is 0.371 e. The smallest absolute Gasteiger partial charge is 0.371 e. The quantitative estimate of drug-likeness (QED) is 0.520. The van der Waals surface area contributed by atoms with Crippen LogP contribution in [0.2, 0.25) is 0 Å². The lowest BCUT2D eigenvalue weighted by Crippen LogP contribution is -2.17. The van der Waals surface area contributed by atoms with Crippen LogP contribution in [0.15, 0.2) is 11.3 Å². The summed E-state index contributed by atoms with van der Waals surface area (Å²) < 4.78 is 4.99. The molecule has 0 aromatic carbocycles. The minimum absolute atomic E-state index is 0.182. The molecule has 2 N–H and O–H groups in total. The van der Waals surface area contributed by atoms with E-state index in [1.807, 2.05) is 0 Å². The van der Waals surface area contributed by atoms with Gasteiger partial charge in [0.15, 0.2) is 0 Å². The fourth-order valence-corrected chi connectivity index (χ4v) is 1.05. The van der Waals surface area contributed by atoms with E-state index >= 15 is 0 Å². The first kappa shape index (κ1) is 13.5. The number of ether oxygens (including phenoxy) is 1. The second kappa shape index (κ2) is 6.06. The van der Waals surface area contributed by atoms with Crippen molar-refractivity contribution in [2.75, 3.05) is 0 Å². The normalized spacial score (nSPS) is 12.3. The summed E-state index contributed by atoms with van der Waals surface area (Å²) in [5.41, 5.74) is -0.182. The highest BCUT2D eigenvalue weighted by Gasteiger charge is 2.22. The maximum atomic E-state index is 10.8. The molecule has 0 unspecified atom stereocenters. The van der Waals surface area contributed by atoms with Crippen molar-refractivity contribution < 1.29 is 24.5 Å². The minimum Gasteiger partial charge on any atom is -0.483 e. The second-order valence-electron chi connectivity index (χ2n) is 3.33. The lowest BCUT2D eigenvalue weighted by Gasteiger charge is -2.12. The third-order valence-electron chi connectivity index (χ3n) is 1.58. The van der Waals surface area contributed by atoms with Crippen LogP contribution in [0.4, 0.5) is 0 Å². The van der Waals surface area contributed by atoms with E-state index < -0.39 is 17.7 Å². The largest absolute Gasteiger partial charge is 0.483 e. The summed E-state index contributed by atoms with van der Waals surface area (Å²) in [6, 6.07) is 0. The van der Waals surface area contributed by atoms with Gasteiger partial charge in [-0.2, -0.15) is 0 Å². The standard InChI is InChI=1S/C10H16O5/c1-4-5-7(9(11)12)8(10(13)14)15-6(2)3/h6H,4-5H2,1-3H3,(H,11,12)(H,13,14)/b8-7+. The van der Waals surface area contributed by atoms with Crippen LogP contribution in [0.1, 0.15) is 33.6 Å². The van der Waals surface area contributed by atoms with Crippen LogP contribution in [0, 0.1) is 0 Å². The molecule has 5 nitrogen and oxygen atoms in total. The van der Waals surface area contributed by atoms with Crippen LogP contribution in [0.25, 0.3) is 0 Å². The van der Waals surface area contributed by atoms with Crippen LogP contribution < -0.4 is 0 Å². The minimum atomic E-state index is -1.34. The molecule has 0 aliphatic carbocycles. The number of hydrogen-bond acceptors (Lipinski definition) is 3. The highest BCUT2D eigenvalue weighted by molar-refractivity contribution is 5.97. The highest BCUT2D eigenvalue weighted by Crippen LogP contribution is 2.15. The third kappa shape index (κ3) is 4.49. The first-order valence-corrected chi connectivity index (χ1v) is 4.76. The van der Waals surface area contributed by atoms with Gasteiger partial charge in [0, 0.05) is 0 Å². The molecule has 15 heavy (non-hydrogen) atoms. The van der Waals surface area contributed by atoms with E-state index in [1.165, 1.54) is 0 Å². The predicted octanol–water partition coefficient (Wildman–Crippen LogP) is 1.63. The van der Waals surface area contributed by atoms with Crippen LogP contribution >= 0.6 is 0 Å². The summed E-state index contributed by atoms with van der Waals surface area (Å²) in [6.45, 7) is 5.07. The Morgan fingerprint density at radius 3 is 2.00 bits per heavy atom. The van der Waals surface area contributed by atoms with Gasteiger partial charge in [-0.25, -0.2) is 9.59 Å². The molecule has 0 amide bonds. The molecule has 0 aromatic rings. The van der Waals surface area contributed by atoms with Crippen molar-refractivity contribution in [3.8, 4) is 0 Å². The fourth-order valence-electron chi connectivity index (χ4n) is 1.05. The molecule has 5 heteroatoms. The Kier molecular flexibility index (Phi) is 5.44. The zero-order valence-electron chi connectivity index (χ0n) is 9.11. The molecule has 0 bridgehead atoms. The van der Waals surface area contributed by atoms with E-state index in [4.69, 9.17) is 14.9 Å². The van der Waals surface area contributed by atoms with Gasteiger partial charge in [-0.15, -0.1) is 0 Å². The van der Waals surface area contributed by atoms with Crippen molar-refractivity contribution >= 4 is 11.9 Å².